The molecule has 0 spiro atoms. The first-order valence-electron chi connectivity index (χ1n) is 5.65. The predicted octanol–water partition coefficient (Wildman–Crippen LogP) is 3.98. The summed E-state index contributed by atoms with van der Waals surface area (Å²) in [5, 5.41) is 7.76. The SMILES string of the molecule is C#CCCCNCc1cc(-c2cccs2)cs1. The number of thiophene rings is 2. The van der Waals surface area contributed by atoms with Gasteiger partial charge in [-0.2, -0.15) is 0 Å². The second kappa shape index (κ2) is 6.61. The predicted molar refractivity (Wildman–Crippen MR) is 77.4 cm³/mol. The second-order valence-electron chi connectivity index (χ2n) is 3.76. The molecule has 0 radical (unpaired) electrons. The number of hydrogen-bond acceptors (Lipinski definition) is 3. The standard InChI is InChI=1S/C14H15NS2/c1-2-3-4-7-15-10-13-9-12(11-17-13)14-6-5-8-16-14/h1,5-6,8-9,11,15H,3-4,7,10H2. The minimum absolute atomic E-state index is 0.859. The van der Waals surface area contributed by atoms with Crippen LogP contribution in [0, 0.1) is 12.3 Å². The van der Waals surface area contributed by atoms with Crippen LogP contribution >= 0.6 is 22.7 Å². The molecule has 0 aliphatic rings. The maximum atomic E-state index is 5.20. The van der Waals surface area contributed by atoms with Crippen molar-refractivity contribution in [1.82, 2.24) is 5.32 Å². The van der Waals surface area contributed by atoms with Crippen molar-refractivity contribution in [3.05, 3.63) is 33.8 Å². The van der Waals surface area contributed by atoms with Gasteiger partial charge < -0.3 is 5.32 Å². The van der Waals surface area contributed by atoms with E-state index in [4.69, 9.17) is 6.42 Å². The van der Waals surface area contributed by atoms with E-state index >= 15 is 0 Å². The molecule has 2 heterocycles. The largest absolute Gasteiger partial charge is 0.312 e. The lowest BCUT2D eigenvalue weighted by Crippen LogP contribution is -2.13. The van der Waals surface area contributed by atoms with Gasteiger partial charge in [0, 0.05) is 28.3 Å². The third-order valence-electron chi connectivity index (χ3n) is 2.43. The smallest absolute Gasteiger partial charge is 0.0351 e. The number of rotatable bonds is 6. The van der Waals surface area contributed by atoms with Gasteiger partial charge in [0.2, 0.25) is 0 Å². The highest BCUT2D eigenvalue weighted by molar-refractivity contribution is 7.14. The van der Waals surface area contributed by atoms with Crippen LogP contribution in [0.25, 0.3) is 10.4 Å². The summed E-state index contributed by atoms with van der Waals surface area (Å²) in [5.41, 5.74) is 1.34. The zero-order valence-electron chi connectivity index (χ0n) is 9.61. The van der Waals surface area contributed by atoms with Crippen LogP contribution in [-0.4, -0.2) is 6.54 Å². The number of hydrogen-bond donors (Lipinski definition) is 1. The highest BCUT2D eigenvalue weighted by Crippen LogP contribution is 2.29. The van der Waals surface area contributed by atoms with Gasteiger partial charge in [-0.1, -0.05) is 6.07 Å². The van der Waals surface area contributed by atoms with E-state index in [1.807, 2.05) is 11.3 Å². The molecule has 3 heteroatoms. The molecule has 0 saturated heterocycles. The van der Waals surface area contributed by atoms with Crippen molar-refractivity contribution in [1.29, 1.82) is 0 Å². The minimum atomic E-state index is 0.859. The van der Waals surface area contributed by atoms with Gasteiger partial charge in [0.15, 0.2) is 0 Å². The van der Waals surface area contributed by atoms with Gasteiger partial charge in [-0.05, 0) is 35.9 Å². The van der Waals surface area contributed by atoms with Crippen molar-refractivity contribution in [2.24, 2.45) is 0 Å². The van der Waals surface area contributed by atoms with Crippen molar-refractivity contribution < 1.29 is 0 Å². The Bertz CT molecular complexity index is 477. The van der Waals surface area contributed by atoms with E-state index in [-0.39, 0.29) is 0 Å². The van der Waals surface area contributed by atoms with E-state index < -0.39 is 0 Å². The Hall–Kier alpha value is -1.08. The van der Waals surface area contributed by atoms with E-state index in [9.17, 15) is 0 Å². The molecule has 0 atom stereocenters. The summed E-state index contributed by atoms with van der Waals surface area (Å²) in [5.74, 6) is 2.65. The molecule has 1 N–H and O–H groups in total. The molecule has 2 rings (SSSR count). The van der Waals surface area contributed by atoms with Crippen LogP contribution in [0.5, 0.6) is 0 Å². The van der Waals surface area contributed by atoms with Crippen LogP contribution in [0.1, 0.15) is 17.7 Å². The van der Waals surface area contributed by atoms with Crippen molar-refractivity contribution in [2.45, 2.75) is 19.4 Å². The van der Waals surface area contributed by atoms with Crippen molar-refractivity contribution in [2.75, 3.05) is 6.54 Å². The fourth-order valence-electron chi connectivity index (χ4n) is 1.57. The molecule has 0 unspecified atom stereocenters. The third kappa shape index (κ3) is 3.71. The van der Waals surface area contributed by atoms with Gasteiger partial charge in [0.05, 0.1) is 0 Å². The number of unbranched alkanes of at least 4 members (excludes halogenated alkanes) is 1. The van der Waals surface area contributed by atoms with Gasteiger partial charge >= 0.3 is 0 Å². The van der Waals surface area contributed by atoms with E-state index in [2.05, 4.69) is 40.2 Å². The summed E-state index contributed by atoms with van der Waals surface area (Å²) in [6, 6.07) is 6.52. The Morgan fingerprint density at radius 3 is 3.06 bits per heavy atom. The summed E-state index contributed by atoms with van der Waals surface area (Å²) >= 11 is 3.60. The lowest BCUT2D eigenvalue weighted by atomic mass is 10.2. The Morgan fingerprint density at radius 1 is 1.35 bits per heavy atom. The first kappa shape index (κ1) is 12.4. The number of terminal acetylenes is 1. The molecule has 0 bridgehead atoms. The molecule has 2 aromatic rings. The van der Waals surface area contributed by atoms with Crippen molar-refractivity contribution >= 4 is 22.7 Å². The molecule has 0 aliphatic carbocycles. The highest BCUT2D eigenvalue weighted by atomic mass is 32.1. The summed E-state index contributed by atoms with van der Waals surface area (Å²) in [7, 11) is 0. The van der Waals surface area contributed by atoms with E-state index in [1.165, 1.54) is 15.3 Å². The fourth-order valence-corrected chi connectivity index (χ4v) is 3.22. The fraction of sp³-hybridized carbons (Fsp3) is 0.286. The maximum absolute atomic E-state index is 5.20. The van der Waals surface area contributed by atoms with Crippen molar-refractivity contribution in [3.8, 4) is 22.8 Å². The first-order valence-corrected chi connectivity index (χ1v) is 7.41. The Balaban J connectivity index is 1.81. The second-order valence-corrected chi connectivity index (χ2v) is 5.71. The van der Waals surface area contributed by atoms with Crippen LogP contribution in [0.4, 0.5) is 0 Å². The quantitative estimate of drug-likeness (QED) is 0.612. The molecule has 88 valence electrons. The minimum Gasteiger partial charge on any atom is -0.312 e. The van der Waals surface area contributed by atoms with E-state index in [0.29, 0.717) is 0 Å². The Labute approximate surface area is 111 Å². The molecular formula is C14H15NS2. The molecule has 0 saturated carbocycles. The summed E-state index contributed by atoms with van der Waals surface area (Å²) in [6.07, 6.45) is 7.12. The zero-order chi connectivity index (χ0) is 11.9. The Morgan fingerprint density at radius 2 is 2.29 bits per heavy atom. The van der Waals surface area contributed by atoms with Crippen LogP contribution < -0.4 is 5.32 Å². The number of nitrogens with one attached hydrogen (secondary N) is 1. The Kier molecular flexibility index (Phi) is 4.81. The molecular weight excluding hydrogens is 246 g/mol. The van der Waals surface area contributed by atoms with Crippen molar-refractivity contribution in [3.63, 3.8) is 0 Å². The lowest BCUT2D eigenvalue weighted by molar-refractivity contribution is 0.664. The van der Waals surface area contributed by atoms with Gasteiger partial charge in [0.25, 0.3) is 0 Å². The molecule has 0 aromatic carbocycles. The van der Waals surface area contributed by atoms with Gasteiger partial charge in [-0.3, -0.25) is 0 Å². The lowest BCUT2D eigenvalue weighted by Gasteiger charge is -1.99. The summed E-state index contributed by atoms with van der Waals surface area (Å²) in [6.45, 7) is 1.94. The van der Waals surface area contributed by atoms with Gasteiger partial charge in [0.1, 0.15) is 0 Å². The summed E-state index contributed by atoms with van der Waals surface area (Å²) < 4.78 is 0. The van der Waals surface area contributed by atoms with Crippen LogP contribution in [0.3, 0.4) is 0 Å². The van der Waals surface area contributed by atoms with Gasteiger partial charge in [-0.15, -0.1) is 35.0 Å². The molecule has 0 amide bonds. The summed E-state index contributed by atoms with van der Waals surface area (Å²) in [4.78, 5) is 2.73. The first-order chi connectivity index (χ1) is 8.40. The van der Waals surface area contributed by atoms with Gasteiger partial charge in [-0.25, -0.2) is 0 Å². The average molecular weight is 261 g/mol. The van der Waals surface area contributed by atoms with Crippen LogP contribution in [-0.2, 0) is 6.54 Å². The molecule has 17 heavy (non-hydrogen) atoms. The van der Waals surface area contributed by atoms with E-state index in [1.54, 1.807) is 11.3 Å². The molecule has 2 aromatic heterocycles. The topological polar surface area (TPSA) is 12.0 Å². The molecule has 0 fully saturated rings. The highest BCUT2D eigenvalue weighted by Gasteiger charge is 2.02. The maximum Gasteiger partial charge on any atom is 0.0351 e. The molecule has 0 aliphatic heterocycles. The van der Waals surface area contributed by atoms with Crippen LogP contribution in [0.15, 0.2) is 29.0 Å². The monoisotopic (exact) mass is 261 g/mol. The molecule has 1 nitrogen and oxygen atoms in total. The average Bonchev–Trinajstić information content (AvgIpc) is 2.99. The normalized spacial score (nSPS) is 10.3. The van der Waals surface area contributed by atoms with Crippen LogP contribution in [0.2, 0.25) is 0 Å². The third-order valence-corrected chi connectivity index (χ3v) is 4.29. The van der Waals surface area contributed by atoms with E-state index in [0.717, 1.165) is 25.9 Å². The zero-order valence-corrected chi connectivity index (χ0v) is 11.2.